The topological polar surface area (TPSA) is 61.9 Å². The van der Waals surface area contributed by atoms with E-state index in [-0.39, 0.29) is 11.8 Å². The van der Waals surface area contributed by atoms with Gasteiger partial charge < -0.3 is 19.9 Å². The molecule has 2 amide bonds. The van der Waals surface area contributed by atoms with E-state index in [1.165, 1.54) is 0 Å². The second-order valence-electron chi connectivity index (χ2n) is 7.54. The molecule has 1 heterocycles. The third-order valence-corrected chi connectivity index (χ3v) is 5.67. The molecule has 0 spiro atoms. The van der Waals surface area contributed by atoms with Crippen molar-refractivity contribution < 1.29 is 14.3 Å². The number of halogens is 1. The van der Waals surface area contributed by atoms with Gasteiger partial charge in [0.1, 0.15) is 5.75 Å². The number of benzene rings is 2. The lowest BCUT2D eigenvalue weighted by atomic mass is 10.1. The number of hydrogen-bond acceptors (Lipinski definition) is 4. The fourth-order valence-electron chi connectivity index (χ4n) is 3.57. The molecule has 7 heteroatoms. The zero-order valence-corrected chi connectivity index (χ0v) is 19.0. The Labute approximate surface area is 189 Å². The van der Waals surface area contributed by atoms with Crippen LogP contribution in [0, 0.1) is 0 Å². The first-order valence-corrected chi connectivity index (χ1v) is 11.3. The number of unbranched alkanes of at least 4 members (excludes halogenated alkanes) is 1. The summed E-state index contributed by atoms with van der Waals surface area (Å²) >= 11 is 6.51. The van der Waals surface area contributed by atoms with E-state index in [0.717, 1.165) is 24.3 Å². The smallest absolute Gasteiger partial charge is 0.255 e. The van der Waals surface area contributed by atoms with Crippen molar-refractivity contribution in [2.45, 2.75) is 33.1 Å². The zero-order valence-electron chi connectivity index (χ0n) is 18.2. The maximum Gasteiger partial charge on any atom is 0.255 e. The van der Waals surface area contributed by atoms with Gasteiger partial charge in [0, 0.05) is 38.2 Å². The summed E-state index contributed by atoms with van der Waals surface area (Å²) in [6.07, 6.45) is 2.59. The van der Waals surface area contributed by atoms with Gasteiger partial charge in [0.2, 0.25) is 5.91 Å². The van der Waals surface area contributed by atoms with Gasteiger partial charge in [-0.05, 0) is 42.8 Å². The Morgan fingerprint density at radius 2 is 1.74 bits per heavy atom. The number of carbonyl (C=O) groups is 2. The predicted octanol–water partition coefficient (Wildman–Crippen LogP) is 4.83. The van der Waals surface area contributed by atoms with Gasteiger partial charge in [0.05, 0.1) is 23.0 Å². The summed E-state index contributed by atoms with van der Waals surface area (Å²) in [5.41, 5.74) is 2.00. The standard InChI is InChI=1S/C24H30ClN3O3/c1-3-5-17-31-19-11-9-18(10-12-19)24(30)26-21-8-6-7-20(25)23(21)28-15-13-27(14-16-28)22(29)4-2/h6-12H,3-5,13-17H2,1-2H3,(H,26,30). The monoisotopic (exact) mass is 443 g/mol. The SMILES string of the molecule is CCCCOc1ccc(C(=O)Nc2cccc(Cl)c2N2CCN(C(=O)CC)CC2)cc1. The van der Waals surface area contributed by atoms with Crippen LogP contribution >= 0.6 is 11.6 Å². The highest BCUT2D eigenvalue weighted by Gasteiger charge is 2.24. The summed E-state index contributed by atoms with van der Waals surface area (Å²) in [6, 6.07) is 12.6. The molecule has 0 unspecified atom stereocenters. The minimum Gasteiger partial charge on any atom is -0.494 e. The molecule has 3 rings (SSSR count). The van der Waals surface area contributed by atoms with Crippen LogP contribution < -0.4 is 15.0 Å². The minimum absolute atomic E-state index is 0.162. The number of piperazine rings is 1. The number of amides is 2. The van der Waals surface area contributed by atoms with Gasteiger partial charge in [0.25, 0.3) is 5.91 Å². The Morgan fingerprint density at radius 1 is 1.03 bits per heavy atom. The Bertz CT molecular complexity index is 893. The molecule has 0 radical (unpaired) electrons. The number of carbonyl (C=O) groups excluding carboxylic acids is 2. The van der Waals surface area contributed by atoms with Gasteiger partial charge in [-0.2, -0.15) is 0 Å². The van der Waals surface area contributed by atoms with Crippen LogP contribution in [-0.4, -0.2) is 49.5 Å². The van der Waals surface area contributed by atoms with Crippen molar-refractivity contribution in [3.8, 4) is 5.75 Å². The molecule has 2 aromatic carbocycles. The van der Waals surface area contributed by atoms with Crippen LogP contribution in [0.2, 0.25) is 5.02 Å². The van der Waals surface area contributed by atoms with Crippen LogP contribution in [0.25, 0.3) is 0 Å². The van der Waals surface area contributed by atoms with Crippen molar-refractivity contribution in [1.29, 1.82) is 0 Å². The zero-order chi connectivity index (χ0) is 22.2. The van der Waals surface area contributed by atoms with E-state index < -0.39 is 0 Å². The van der Waals surface area contributed by atoms with Crippen molar-refractivity contribution in [2.75, 3.05) is 43.0 Å². The molecule has 1 aliphatic rings. The first-order chi connectivity index (χ1) is 15.0. The van der Waals surface area contributed by atoms with Gasteiger partial charge in [-0.25, -0.2) is 0 Å². The molecular weight excluding hydrogens is 414 g/mol. The number of anilines is 2. The number of hydrogen-bond donors (Lipinski definition) is 1. The molecule has 2 aromatic rings. The molecule has 0 saturated carbocycles. The molecule has 1 saturated heterocycles. The lowest BCUT2D eigenvalue weighted by Gasteiger charge is -2.37. The van der Waals surface area contributed by atoms with Crippen LogP contribution in [0.15, 0.2) is 42.5 Å². The summed E-state index contributed by atoms with van der Waals surface area (Å²) in [6.45, 7) is 7.29. The molecule has 0 aliphatic carbocycles. The second kappa shape index (κ2) is 11.0. The highest BCUT2D eigenvalue weighted by molar-refractivity contribution is 6.34. The van der Waals surface area contributed by atoms with E-state index in [4.69, 9.17) is 16.3 Å². The van der Waals surface area contributed by atoms with Crippen molar-refractivity contribution >= 4 is 34.8 Å². The molecule has 166 valence electrons. The van der Waals surface area contributed by atoms with E-state index in [1.807, 2.05) is 42.2 Å². The maximum absolute atomic E-state index is 12.8. The van der Waals surface area contributed by atoms with Crippen LogP contribution in [0.5, 0.6) is 5.75 Å². The Kier molecular flexibility index (Phi) is 8.18. The minimum atomic E-state index is -0.205. The quantitative estimate of drug-likeness (QED) is 0.593. The lowest BCUT2D eigenvalue weighted by molar-refractivity contribution is -0.131. The van der Waals surface area contributed by atoms with Crippen molar-refractivity contribution in [3.05, 3.63) is 53.1 Å². The normalized spacial score (nSPS) is 13.8. The van der Waals surface area contributed by atoms with Gasteiger partial charge in [0.15, 0.2) is 0 Å². The number of para-hydroxylation sites is 1. The largest absolute Gasteiger partial charge is 0.494 e. The molecule has 1 fully saturated rings. The van der Waals surface area contributed by atoms with Gasteiger partial charge >= 0.3 is 0 Å². The highest BCUT2D eigenvalue weighted by atomic mass is 35.5. The third-order valence-electron chi connectivity index (χ3n) is 5.37. The predicted molar refractivity (Wildman–Crippen MR) is 125 cm³/mol. The van der Waals surface area contributed by atoms with E-state index >= 15 is 0 Å². The summed E-state index contributed by atoms with van der Waals surface area (Å²) < 4.78 is 5.66. The second-order valence-corrected chi connectivity index (χ2v) is 7.95. The van der Waals surface area contributed by atoms with Crippen molar-refractivity contribution in [2.24, 2.45) is 0 Å². The summed E-state index contributed by atoms with van der Waals surface area (Å²) in [7, 11) is 0. The number of nitrogens with zero attached hydrogens (tertiary/aromatic N) is 2. The van der Waals surface area contributed by atoms with Gasteiger partial charge in [-0.1, -0.05) is 37.9 Å². The maximum atomic E-state index is 12.8. The Balaban J connectivity index is 1.69. The molecular formula is C24H30ClN3O3. The molecule has 0 bridgehead atoms. The fraction of sp³-hybridized carbons (Fsp3) is 0.417. The fourth-order valence-corrected chi connectivity index (χ4v) is 3.87. The van der Waals surface area contributed by atoms with Gasteiger partial charge in [-0.3, -0.25) is 9.59 Å². The lowest BCUT2D eigenvalue weighted by Crippen LogP contribution is -2.48. The molecule has 31 heavy (non-hydrogen) atoms. The van der Waals surface area contributed by atoms with E-state index in [0.29, 0.717) is 55.5 Å². The van der Waals surface area contributed by atoms with Crippen molar-refractivity contribution in [3.63, 3.8) is 0 Å². The highest BCUT2D eigenvalue weighted by Crippen LogP contribution is 2.35. The van der Waals surface area contributed by atoms with Crippen LogP contribution in [0.3, 0.4) is 0 Å². The number of nitrogens with one attached hydrogen (secondary N) is 1. The summed E-state index contributed by atoms with van der Waals surface area (Å²) in [5.74, 6) is 0.714. The first kappa shape index (κ1) is 22.9. The summed E-state index contributed by atoms with van der Waals surface area (Å²) in [4.78, 5) is 28.8. The molecule has 0 aromatic heterocycles. The van der Waals surface area contributed by atoms with Crippen LogP contribution in [-0.2, 0) is 4.79 Å². The Morgan fingerprint density at radius 3 is 2.39 bits per heavy atom. The first-order valence-electron chi connectivity index (χ1n) is 10.9. The molecule has 6 nitrogen and oxygen atoms in total. The Hall–Kier alpha value is -2.73. The molecule has 1 aliphatic heterocycles. The van der Waals surface area contributed by atoms with Gasteiger partial charge in [-0.15, -0.1) is 0 Å². The number of ether oxygens (including phenoxy) is 1. The van der Waals surface area contributed by atoms with Crippen LogP contribution in [0.4, 0.5) is 11.4 Å². The third kappa shape index (κ3) is 5.91. The molecule has 1 N–H and O–H groups in total. The number of rotatable bonds is 8. The van der Waals surface area contributed by atoms with Crippen LogP contribution in [0.1, 0.15) is 43.5 Å². The average Bonchev–Trinajstić information content (AvgIpc) is 2.79. The average molecular weight is 444 g/mol. The van der Waals surface area contributed by atoms with E-state index in [2.05, 4.69) is 17.1 Å². The van der Waals surface area contributed by atoms with E-state index in [9.17, 15) is 9.59 Å². The molecule has 0 atom stereocenters. The van der Waals surface area contributed by atoms with Crippen molar-refractivity contribution in [1.82, 2.24) is 4.90 Å². The van der Waals surface area contributed by atoms with E-state index in [1.54, 1.807) is 12.1 Å². The summed E-state index contributed by atoms with van der Waals surface area (Å²) in [5, 5.41) is 3.57.